The summed E-state index contributed by atoms with van der Waals surface area (Å²) in [5.74, 6) is -2.40. The lowest BCUT2D eigenvalue weighted by Crippen LogP contribution is -2.53. The van der Waals surface area contributed by atoms with Crippen LogP contribution in [0.3, 0.4) is 0 Å². The molecule has 7 nitrogen and oxygen atoms in total. The van der Waals surface area contributed by atoms with Crippen molar-refractivity contribution in [2.24, 2.45) is 0 Å². The highest BCUT2D eigenvalue weighted by atomic mass is 32.1. The van der Waals surface area contributed by atoms with Gasteiger partial charge in [0, 0.05) is 12.6 Å². The monoisotopic (exact) mass is 335 g/mol. The minimum atomic E-state index is -1.01. The number of benzene rings is 1. The van der Waals surface area contributed by atoms with Gasteiger partial charge >= 0.3 is 5.69 Å². The van der Waals surface area contributed by atoms with Crippen LogP contribution in [-0.4, -0.2) is 33.3 Å². The third kappa shape index (κ3) is 3.29. The molecular formula is C14H10FN3O4S. The molecule has 0 saturated carbocycles. The first kappa shape index (κ1) is 16.4. The van der Waals surface area contributed by atoms with Crippen LogP contribution in [0.1, 0.15) is 5.56 Å². The molecule has 1 N–H and O–H groups in total. The number of carbonyl (C=O) groups excluding carboxylic acids is 2. The first-order chi connectivity index (χ1) is 10.8. The Morgan fingerprint density at radius 2 is 2.13 bits per heavy atom. The first-order valence-corrected chi connectivity index (χ1v) is 6.69. The zero-order valence-corrected chi connectivity index (χ0v) is 12.4. The molecule has 2 rings (SSSR count). The van der Waals surface area contributed by atoms with Gasteiger partial charge in [-0.2, -0.15) is 4.39 Å². The number of rotatable bonds is 4. The maximum Gasteiger partial charge on any atom is 0.305 e. The van der Waals surface area contributed by atoms with Crippen LogP contribution in [0.15, 0.2) is 36.4 Å². The number of nitrogens with one attached hydrogen (secondary N) is 1. The van der Waals surface area contributed by atoms with Crippen molar-refractivity contribution in [3.8, 4) is 0 Å². The molecule has 0 bridgehead atoms. The van der Waals surface area contributed by atoms with E-state index in [1.165, 1.54) is 12.1 Å². The van der Waals surface area contributed by atoms with E-state index in [2.05, 4.69) is 11.9 Å². The summed E-state index contributed by atoms with van der Waals surface area (Å²) in [6.07, 6.45) is 2.57. The van der Waals surface area contributed by atoms with Gasteiger partial charge in [0.25, 0.3) is 11.8 Å². The molecule has 0 atom stereocenters. The molecule has 0 aliphatic carbocycles. The summed E-state index contributed by atoms with van der Waals surface area (Å²) >= 11 is 4.90. The molecule has 2 amide bonds. The molecule has 1 aliphatic rings. The molecule has 0 radical (unpaired) electrons. The molecule has 1 fully saturated rings. The van der Waals surface area contributed by atoms with Crippen LogP contribution >= 0.6 is 12.2 Å². The zero-order chi connectivity index (χ0) is 17.1. The fourth-order valence-electron chi connectivity index (χ4n) is 1.91. The maximum atomic E-state index is 13.3. The van der Waals surface area contributed by atoms with E-state index in [9.17, 15) is 24.1 Å². The summed E-state index contributed by atoms with van der Waals surface area (Å²) in [5, 5.41) is 13.0. The zero-order valence-electron chi connectivity index (χ0n) is 11.6. The molecule has 0 spiro atoms. The summed E-state index contributed by atoms with van der Waals surface area (Å²) in [5.41, 5.74) is -0.870. The van der Waals surface area contributed by atoms with Gasteiger partial charge in [-0.15, -0.1) is 6.58 Å². The smallest absolute Gasteiger partial charge is 0.298 e. The van der Waals surface area contributed by atoms with Crippen molar-refractivity contribution < 1.29 is 18.9 Å². The molecule has 23 heavy (non-hydrogen) atoms. The average molecular weight is 335 g/mol. The summed E-state index contributed by atoms with van der Waals surface area (Å²) in [6.45, 7) is 3.59. The highest BCUT2D eigenvalue weighted by Gasteiger charge is 2.32. The van der Waals surface area contributed by atoms with Crippen molar-refractivity contribution in [3.05, 3.63) is 57.9 Å². The normalized spacial score (nSPS) is 16.5. The van der Waals surface area contributed by atoms with E-state index in [1.54, 1.807) is 0 Å². The fourth-order valence-corrected chi connectivity index (χ4v) is 2.17. The molecule has 9 heteroatoms. The second-order valence-corrected chi connectivity index (χ2v) is 4.88. The van der Waals surface area contributed by atoms with Gasteiger partial charge in [0.1, 0.15) is 5.57 Å². The minimum Gasteiger partial charge on any atom is -0.298 e. The quantitative estimate of drug-likeness (QED) is 0.225. The lowest BCUT2D eigenvalue weighted by atomic mass is 10.1. The van der Waals surface area contributed by atoms with Gasteiger partial charge in [-0.25, -0.2) is 0 Å². The van der Waals surface area contributed by atoms with Crippen molar-refractivity contribution in [3.63, 3.8) is 0 Å². The SMILES string of the molecule is C=CCN1C(=O)C(=Cc2ccc(F)c([N+](=O)[O-])c2)C(=O)NC1=S. The van der Waals surface area contributed by atoms with Gasteiger partial charge in [0.05, 0.1) is 4.92 Å². The van der Waals surface area contributed by atoms with Gasteiger partial charge in [0.2, 0.25) is 5.82 Å². The third-order valence-electron chi connectivity index (χ3n) is 2.98. The molecule has 118 valence electrons. The molecule has 1 heterocycles. The van der Waals surface area contributed by atoms with Crippen LogP contribution in [0.4, 0.5) is 10.1 Å². The van der Waals surface area contributed by atoms with Crippen LogP contribution in [0.25, 0.3) is 6.08 Å². The molecule has 1 saturated heterocycles. The van der Waals surface area contributed by atoms with E-state index in [4.69, 9.17) is 12.2 Å². The van der Waals surface area contributed by atoms with Gasteiger partial charge in [0.15, 0.2) is 5.11 Å². The molecule has 1 aliphatic heterocycles. The van der Waals surface area contributed by atoms with Crippen molar-refractivity contribution in [1.29, 1.82) is 0 Å². The Kier molecular flexibility index (Phi) is 4.60. The van der Waals surface area contributed by atoms with Crippen LogP contribution in [0.2, 0.25) is 0 Å². The fraction of sp³-hybridized carbons (Fsp3) is 0.0714. The van der Waals surface area contributed by atoms with Crippen LogP contribution < -0.4 is 5.32 Å². The van der Waals surface area contributed by atoms with Gasteiger partial charge in [-0.3, -0.25) is 29.9 Å². The third-order valence-corrected chi connectivity index (χ3v) is 3.30. The average Bonchev–Trinajstić information content (AvgIpc) is 2.49. The van der Waals surface area contributed by atoms with Crippen LogP contribution in [0.5, 0.6) is 0 Å². The van der Waals surface area contributed by atoms with Gasteiger partial charge < -0.3 is 0 Å². The van der Waals surface area contributed by atoms with Gasteiger partial charge in [-0.05, 0) is 29.9 Å². The second-order valence-electron chi connectivity index (χ2n) is 4.49. The second kappa shape index (κ2) is 6.44. The molecule has 0 aromatic heterocycles. The predicted octanol–water partition coefficient (Wildman–Crippen LogP) is 1.55. The lowest BCUT2D eigenvalue weighted by Gasteiger charge is -2.27. The van der Waals surface area contributed by atoms with Crippen molar-refractivity contribution in [2.45, 2.75) is 0 Å². The molecule has 1 aromatic rings. The molecule has 1 aromatic carbocycles. The maximum absolute atomic E-state index is 13.3. The van der Waals surface area contributed by atoms with E-state index in [0.29, 0.717) is 0 Å². The Bertz CT molecular complexity index is 775. The van der Waals surface area contributed by atoms with E-state index in [-0.39, 0.29) is 22.8 Å². The number of hydrogen-bond acceptors (Lipinski definition) is 5. The first-order valence-electron chi connectivity index (χ1n) is 6.29. The number of amides is 2. The predicted molar refractivity (Wildman–Crippen MR) is 83.7 cm³/mol. The Balaban J connectivity index is 2.44. The van der Waals surface area contributed by atoms with E-state index >= 15 is 0 Å². The van der Waals surface area contributed by atoms with E-state index in [1.807, 2.05) is 0 Å². The summed E-state index contributed by atoms with van der Waals surface area (Å²) in [4.78, 5) is 35.2. The highest BCUT2D eigenvalue weighted by molar-refractivity contribution is 7.80. The summed E-state index contributed by atoms with van der Waals surface area (Å²) in [7, 11) is 0. The van der Waals surface area contributed by atoms with Gasteiger partial charge in [-0.1, -0.05) is 12.1 Å². The van der Waals surface area contributed by atoms with Crippen molar-refractivity contribution >= 4 is 40.9 Å². The number of thiocarbonyl (C=S) groups is 1. The van der Waals surface area contributed by atoms with E-state index < -0.39 is 28.2 Å². The van der Waals surface area contributed by atoms with Crippen molar-refractivity contribution in [2.75, 3.05) is 6.54 Å². The number of carbonyl (C=O) groups is 2. The minimum absolute atomic E-state index is 0.0536. The number of halogens is 1. The number of hydrogen-bond donors (Lipinski definition) is 1. The highest BCUT2D eigenvalue weighted by Crippen LogP contribution is 2.21. The number of nitro groups is 1. The Morgan fingerprint density at radius 3 is 2.74 bits per heavy atom. The Labute approximate surface area is 135 Å². The summed E-state index contributed by atoms with van der Waals surface area (Å²) < 4.78 is 13.3. The van der Waals surface area contributed by atoms with Crippen LogP contribution in [-0.2, 0) is 9.59 Å². The Morgan fingerprint density at radius 1 is 1.43 bits per heavy atom. The Hall–Kier alpha value is -2.94. The number of nitrogens with zero attached hydrogens (tertiary/aromatic N) is 2. The lowest BCUT2D eigenvalue weighted by molar-refractivity contribution is -0.387. The summed E-state index contributed by atoms with van der Waals surface area (Å²) in [6, 6.07) is 3.05. The number of nitro benzene ring substituents is 1. The largest absolute Gasteiger partial charge is 0.305 e. The van der Waals surface area contributed by atoms with E-state index in [0.717, 1.165) is 23.1 Å². The molecular weight excluding hydrogens is 325 g/mol. The standard InChI is InChI=1S/C14H10FN3O4S/c1-2-5-17-13(20)9(12(19)16-14(17)23)6-8-3-4-10(15)11(7-8)18(21)22/h2-4,6-7H,1,5H2,(H,16,19,23). The molecule has 0 unspecified atom stereocenters. The van der Waals surface area contributed by atoms with Crippen LogP contribution in [0, 0.1) is 15.9 Å². The van der Waals surface area contributed by atoms with Crippen molar-refractivity contribution in [1.82, 2.24) is 10.2 Å². The topological polar surface area (TPSA) is 92.6 Å².